The Bertz CT molecular complexity index is 454. The maximum absolute atomic E-state index is 12.0. The van der Waals surface area contributed by atoms with Gasteiger partial charge in [-0.25, -0.2) is 9.10 Å². The van der Waals surface area contributed by atoms with Crippen LogP contribution in [0.2, 0.25) is 0 Å². The number of morpholine rings is 1. The molecule has 0 N–H and O–H groups in total. The van der Waals surface area contributed by atoms with Crippen LogP contribution in [0.25, 0.3) is 0 Å². The van der Waals surface area contributed by atoms with Crippen LogP contribution in [-0.2, 0) is 9.47 Å². The largest absolute Gasteiger partial charge is 0.465 e. The molecule has 1 aliphatic heterocycles. The molecule has 19 heavy (non-hydrogen) atoms. The highest BCUT2D eigenvalue weighted by atomic mass is 32.2. The minimum Gasteiger partial charge on any atom is -0.465 e. The van der Waals surface area contributed by atoms with E-state index in [1.807, 2.05) is 4.31 Å². The smallest absolute Gasteiger partial charge is 0.337 e. The van der Waals surface area contributed by atoms with E-state index in [1.54, 1.807) is 24.3 Å². The van der Waals surface area contributed by atoms with Gasteiger partial charge in [0.1, 0.15) is 0 Å². The predicted molar refractivity (Wildman–Crippen MR) is 72.1 cm³/mol. The zero-order valence-corrected chi connectivity index (χ0v) is 11.4. The van der Waals surface area contributed by atoms with Crippen molar-refractivity contribution in [2.24, 2.45) is 0 Å². The van der Waals surface area contributed by atoms with Gasteiger partial charge in [-0.1, -0.05) is 0 Å². The molecule has 1 heterocycles. The average Bonchev–Trinajstić information content (AvgIpc) is 2.47. The molecule has 1 aromatic carbocycles. The van der Waals surface area contributed by atoms with E-state index in [0.29, 0.717) is 24.3 Å². The Morgan fingerprint density at radius 3 is 2.32 bits per heavy atom. The summed E-state index contributed by atoms with van der Waals surface area (Å²) in [5.41, 5.74) is 1.01. The lowest BCUT2D eigenvalue weighted by Crippen LogP contribution is -2.32. The average molecular weight is 281 g/mol. The number of rotatable bonds is 3. The summed E-state index contributed by atoms with van der Waals surface area (Å²) in [5, 5.41) is -0.0293. The van der Waals surface area contributed by atoms with Gasteiger partial charge < -0.3 is 9.47 Å². The standard InChI is InChI=1S/C13H15NO4S/c1-17-12(15)10-2-4-11(5-3-10)13(16)19-14-6-8-18-9-7-14/h2-5H,6-9H2,1H3. The maximum atomic E-state index is 12.0. The number of hydrogen-bond acceptors (Lipinski definition) is 6. The third kappa shape index (κ3) is 3.79. The number of ether oxygens (including phenoxy) is 2. The van der Waals surface area contributed by atoms with Crippen molar-refractivity contribution >= 4 is 23.0 Å². The molecule has 6 heteroatoms. The second kappa shape index (κ2) is 6.70. The van der Waals surface area contributed by atoms with E-state index in [2.05, 4.69) is 4.74 Å². The molecule has 0 saturated carbocycles. The topological polar surface area (TPSA) is 55.8 Å². The Hall–Kier alpha value is -1.37. The van der Waals surface area contributed by atoms with E-state index < -0.39 is 5.97 Å². The third-order valence-electron chi connectivity index (χ3n) is 2.72. The van der Waals surface area contributed by atoms with Crippen molar-refractivity contribution < 1.29 is 19.1 Å². The Morgan fingerprint density at radius 2 is 1.74 bits per heavy atom. The van der Waals surface area contributed by atoms with Crippen LogP contribution in [-0.4, -0.2) is 48.8 Å². The number of carbonyl (C=O) groups excluding carboxylic acids is 2. The molecule has 0 radical (unpaired) electrons. The molecule has 1 saturated heterocycles. The van der Waals surface area contributed by atoms with Crippen LogP contribution < -0.4 is 0 Å². The number of nitrogens with zero attached hydrogens (tertiary/aromatic N) is 1. The normalized spacial score (nSPS) is 16.1. The first-order valence-corrected chi connectivity index (χ1v) is 6.71. The van der Waals surface area contributed by atoms with Crippen molar-refractivity contribution in [2.45, 2.75) is 0 Å². The fourth-order valence-corrected chi connectivity index (χ4v) is 2.48. The van der Waals surface area contributed by atoms with Gasteiger partial charge in [0.05, 0.1) is 25.9 Å². The number of methoxy groups -OCH3 is 1. The number of hydrogen-bond donors (Lipinski definition) is 0. The lowest BCUT2D eigenvalue weighted by atomic mass is 10.1. The summed E-state index contributed by atoms with van der Waals surface area (Å²) in [6.07, 6.45) is 0. The summed E-state index contributed by atoms with van der Waals surface area (Å²) >= 11 is 1.19. The SMILES string of the molecule is COC(=O)c1ccc(C(=O)SN2CCOCC2)cc1. The second-order valence-electron chi connectivity index (χ2n) is 3.99. The van der Waals surface area contributed by atoms with Gasteiger partial charge in [-0.2, -0.15) is 0 Å². The Kier molecular flexibility index (Phi) is 4.95. The predicted octanol–water partition coefficient (Wildman–Crippen LogP) is 1.59. The van der Waals surface area contributed by atoms with Gasteiger partial charge in [0.2, 0.25) is 5.12 Å². The van der Waals surface area contributed by atoms with Crippen LogP contribution in [0.15, 0.2) is 24.3 Å². The van der Waals surface area contributed by atoms with Crippen LogP contribution in [0.5, 0.6) is 0 Å². The minimum absolute atomic E-state index is 0.0293. The first-order valence-electron chi connectivity index (χ1n) is 5.94. The van der Waals surface area contributed by atoms with Crippen molar-refractivity contribution in [3.63, 3.8) is 0 Å². The molecule has 0 bridgehead atoms. The van der Waals surface area contributed by atoms with Gasteiger partial charge in [-0.3, -0.25) is 4.79 Å². The van der Waals surface area contributed by atoms with Gasteiger partial charge >= 0.3 is 5.97 Å². The molecule has 0 amide bonds. The molecule has 0 aromatic heterocycles. The summed E-state index contributed by atoms with van der Waals surface area (Å²) in [6, 6.07) is 6.47. The highest BCUT2D eigenvalue weighted by Crippen LogP contribution is 2.19. The molecule has 102 valence electrons. The summed E-state index contributed by atoms with van der Waals surface area (Å²) in [5.74, 6) is -0.403. The van der Waals surface area contributed by atoms with Crippen LogP contribution in [0, 0.1) is 0 Å². The summed E-state index contributed by atoms with van der Waals surface area (Å²) in [6.45, 7) is 2.80. The van der Waals surface area contributed by atoms with Gasteiger partial charge in [0, 0.05) is 30.6 Å². The molecule has 1 fully saturated rings. The molecular weight excluding hydrogens is 266 g/mol. The fraction of sp³-hybridized carbons (Fsp3) is 0.385. The Morgan fingerprint density at radius 1 is 1.16 bits per heavy atom. The highest BCUT2D eigenvalue weighted by molar-refractivity contribution is 8.12. The lowest BCUT2D eigenvalue weighted by molar-refractivity contribution is 0.0600. The second-order valence-corrected chi connectivity index (χ2v) is 5.06. The maximum Gasteiger partial charge on any atom is 0.337 e. The number of carbonyl (C=O) groups is 2. The van der Waals surface area contributed by atoms with Crippen molar-refractivity contribution in [1.29, 1.82) is 0 Å². The molecule has 0 atom stereocenters. The molecule has 5 nitrogen and oxygen atoms in total. The zero-order chi connectivity index (χ0) is 13.7. The quantitative estimate of drug-likeness (QED) is 0.619. The van der Waals surface area contributed by atoms with Crippen molar-refractivity contribution in [3.8, 4) is 0 Å². The summed E-state index contributed by atoms with van der Waals surface area (Å²) in [7, 11) is 1.33. The van der Waals surface area contributed by atoms with Crippen LogP contribution in [0.4, 0.5) is 0 Å². The van der Waals surface area contributed by atoms with Gasteiger partial charge in [0.15, 0.2) is 0 Å². The van der Waals surface area contributed by atoms with E-state index in [0.717, 1.165) is 13.1 Å². The third-order valence-corrected chi connectivity index (χ3v) is 3.75. The summed E-state index contributed by atoms with van der Waals surface area (Å²) < 4.78 is 11.8. The van der Waals surface area contributed by atoms with E-state index in [9.17, 15) is 9.59 Å². The van der Waals surface area contributed by atoms with Crippen LogP contribution in [0.1, 0.15) is 20.7 Å². The van der Waals surface area contributed by atoms with Crippen molar-refractivity contribution in [2.75, 3.05) is 33.4 Å². The zero-order valence-electron chi connectivity index (χ0n) is 10.6. The molecule has 2 rings (SSSR count). The fourth-order valence-electron chi connectivity index (χ4n) is 1.67. The molecule has 0 spiro atoms. The van der Waals surface area contributed by atoms with Crippen LogP contribution >= 0.6 is 11.9 Å². The first kappa shape index (κ1) is 14.0. The Labute approximate surface area is 116 Å². The van der Waals surface area contributed by atoms with Crippen molar-refractivity contribution in [3.05, 3.63) is 35.4 Å². The first-order chi connectivity index (χ1) is 9.20. The number of benzene rings is 1. The molecule has 0 aliphatic carbocycles. The number of esters is 1. The van der Waals surface area contributed by atoms with E-state index in [1.165, 1.54) is 19.1 Å². The minimum atomic E-state index is -0.403. The van der Waals surface area contributed by atoms with E-state index >= 15 is 0 Å². The Balaban J connectivity index is 1.97. The lowest BCUT2D eigenvalue weighted by Gasteiger charge is -2.24. The molecular formula is C13H15NO4S. The van der Waals surface area contributed by atoms with Gasteiger partial charge in [0.25, 0.3) is 0 Å². The molecule has 1 aliphatic rings. The summed E-state index contributed by atoms with van der Waals surface area (Å²) in [4.78, 5) is 23.3. The van der Waals surface area contributed by atoms with Gasteiger partial charge in [-0.15, -0.1) is 0 Å². The van der Waals surface area contributed by atoms with Crippen molar-refractivity contribution in [1.82, 2.24) is 4.31 Å². The van der Waals surface area contributed by atoms with E-state index in [-0.39, 0.29) is 5.12 Å². The molecule has 1 aromatic rings. The van der Waals surface area contributed by atoms with Gasteiger partial charge in [-0.05, 0) is 24.3 Å². The van der Waals surface area contributed by atoms with Crippen LogP contribution in [0.3, 0.4) is 0 Å². The monoisotopic (exact) mass is 281 g/mol. The molecule has 0 unspecified atom stereocenters. The highest BCUT2D eigenvalue weighted by Gasteiger charge is 2.17. The van der Waals surface area contributed by atoms with E-state index in [4.69, 9.17) is 4.74 Å².